The number of benzene rings is 1. The van der Waals surface area contributed by atoms with Crippen LogP contribution in [0, 0.1) is 0 Å². The smallest absolute Gasteiger partial charge is 0.227 e. The van der Waals surface area contributed by atoms with E-state index in [0.29, 0.717) is 11.8 Å². The zero-order valence-electron chi connectivity index (χ0n) is 10.3. The number of hydrogen-bond acceptors (Lipinski definition) is 3. The van der Waals surface area contributed by atoms with Crippen LogP contribution in [0.15, 0.2) is 28.8 Å². The number of aromatic nitrogens is 2. The van der Waals surface area contributed by atoms with Gasteiger partial charge in [0.1, 0.15) is 0 Å². The van der Waals surface area contributed by atoms with Crippen LogP contribution in [0.5, 0.6) is 0 Å². The van der Waals surface area contributed by atoms with Crippen molar-refractivity contribution in [1.82, 2.24) is 10.1 Å². The van der Waals surface area contributed by atoms with Gasteiger partial charge in [0.15, 0.2) is 5.82 Å². The summed E-state index contributed by atoms with van der Waals surface area (Å²) in [5.41, 5.74) is 2.97. The van der Waals surface area contributed by atoms with E-state index < -0.39 is 0 Å². The second-order valence-corrected chi connectivity index (χ2v) is 5.46. The fraction of sp³-hybridized carbons (Fsp3) is 0.467. The lowest BCUT2D eigenvalue weighted by molar-refractivity contribution is 0.364. The molecule has 0 N–H and O–H groups in total. The van der Waals surface area contributed by atoms with Gasteiger partial charge >= 0.3 is 0 Å². The maximum atomic E-state index is 5.38. The fourth-order valence-electron chi connectivity index (χ4n) is 2.93. The number of fused-ring (bicyclic) bond motifs is 1. The predicted molar refractivity (Wildman–Crippen MR) is 67.5 cm³/mol. The van der Waals surface area contributed by atoms with Crippen LogP contribution in [0.1, 0.15) is 53.9 Å². The second kappa shape index (κ2) is 3.94. The van der Waals surface area contributed by atoms with Crippen LogP contribution in [0.25, 0.3) is 0 Å². The van der Waals surface area contributed by atoms with E-state index in [4.69, 9.17) is 4.52 Å². The fourth-order valence-corrected chi connectivity index (χ4v) is 2.93. The van der Waals surface area contributed by atoms with E-state index in [1.165, 1.54) is 36.8 Å². The maximum Gasteiger partial charge on any atom is 0.227 e. The average molecular weight is 240 g/mol. The standard InChI is InChI=1S/C15H16N2O/c1-2-4-13-10(3-1)5-8-12(13)9-14-16-15(17-18-14)11-6-7-11/h1-4,11-12H,5-9H2/t12-/m1/s1. The Morgan fingerprint density at radius 3 is 2.94 bits per heavy atom. The predicted octanol–water partition coefficient (Wildman–Crippen LogP) is 3.22. The van der Waals surface area contributed by atoms with Gasteiger partial charge in [-0.3, -0.25) is 0 Å². The zero-order valence-corrected chi connectivity index (χ0v) is 10.3. The van der Waals surface area contributed by atoms with Gasteiger partial charge in [-0.2, -0.15) is 4.98 Å². The van der Waals surface area contributed by atoms with Gasteiger partial charge in [-0.05, 0) is 42.7 Å². The molecule has 0 unspecified atom stereocenters. The highest BCUT2D eigenvalue weighted by molar-refractivity contribution is 5.35. The van der Waals surface area contributed by atoms with Crippen molar-refractivity contribution in [2.75, 3.05) is 0 Å². The van der Waals surface area contributed by atoms with E-state index >= 15 is 0 Å². The molecule has 3 nitrogen and oxygen atoms in total. The molecule has 2 aliphatic carbocycles. The Bertz CT molecular complexity index is 571. The molecule has 0 radical (unpaired) electrons. The van der Waals surface area contributed by atoms with Gasteiger partial charge in [0, 0.05) is 12.3 Å². The van der Waals surface area contributed by atoms with Gasteiger partial charge in [-0.1, -0.05) is 29.4 Å². The molecule has 1 fully saturated rings. The highest BCUT2D eigenvalue weighted by atomic mass is 16.5. The third-order valence-corrected chi connectivity index (χ3v) is 4.10. The summed E-state index contributed by atoms with van der Waals surface area (Å²) in [4.78, 5) is 4.53. The molecule has 4 rings (SSSR count). The number of aryl methyl sites for hydroxylation is 1. The molecule has 0 saturated heterocycles. The van der Waals surface area contributed by atoms with Gasteiger partial charge in [-0.15, -0.1) is 0 Å². The Kier molecular flexibility index (Phi) is 2.25. The van der Waals surface area contributed by atoms with E-state index in [-0.39, 0.29) is 0 Å². The quantitative estimate of drug-likeness (QED) is 0.826. The first-order chi connectivity index (χ1) is 8.90. The maximum absolute atomic E-state index is 5.38. The highest BCUT2D eigenvalue weighted by Gasteiger charge is 2.30. The lowest BCUT2D eigenvalue weighted by Crippen LogP contribution is -1.99. The summed E-state index contributed by atoms with van der Waals surface area (Å²) in [5, 5.41) is 4.09. The second-order valence-electron chi connectivity index (χ2n) is 5.46. The van der Waals surface area contributed by atoms with Gasteiger partial charge in [0.25, 0.3) is 0 Å². The Morgan fingerprint density at radius 1 is 1.17 bits per heavy atom. The van der Waals surface area contributed by atoms with E-state index in [1.807, 2.05) is 0 Å². The first-order valence-corrected chi connectivity index (χ1v) is 6.80. The van der Waals surface area contributed by atoms with Gasteiger partial charge in [0.05, 0.1) is 0 Å². The van der Waals surface area contributed by atoms with Crippen LogP contribution in [-0.4, -0.2) is 10.1 Å². The SMILES string of the molecule is c1ccc2c(c1)CC[C@@H]2Cc1nc(C2CC2)no1. The van der Waals surface area contributed by atoms with Crippen LogP contribution >= 0.6 is 0 Å². The van der Waals surface area contributed by atoms with Crippen molar-refractivity contribution in [2.45, 2.75) is 43.9 Å². The minimum absolute atomic E-state index is 0.564. The molecule has 2 aliphatic rings. The van der Waals surface area contributed by atoms with E-state index in [9.17, 15) is 0 Å². The third-order valence-electron chi connectivity index (χ3n) is 4.10. The van der Waals surface area contributed by atoms with Gasteiger partial charge in [-0.25, -0.2) is 0 Å². The summed E-state index contributed by atoms with van der Waals surface area (Å²) >= 11 is 0. The molecular formula is C15H16N2O. The molecule has 0 amide bonds. The zero-order chi connectivity index (χ0) is 11.9. The minimum atomic E-state index is 0.564. The Labute approximate surface area is 106 Å². The molecule has 1 aromatic heterocycles. The van der Waals surface area contributed by atoms with Crippen molar-refractivity contribution >= 4 is 0 Å². The topological polar surface area (TPSA) is 38.9 Å². The summed E-state index contributed by atoms with van der Waals surface area (Å²) in [7, 11) is 0. The van der Waals surface area contributed by atoms with Crippen LogP contribution in [0.2, 0.25) is 0 Å². The number of hydrogen-bond donors (Lipinski definition) is 0. The summed E-state index contributed by atoms with van der Waals surface area (Å²) in [5.74, 6) is 2.89. The summed E-state index contributed by atoms with van der Waals surface area (Å²) in [6, 6.07) is 8.73. The molecule has 1 heterocycles. The Balaban J connectivity index is 1.54. The molecule has 92 valence electrons. The van der Waals surface area contributed by atoms with Crippen molar-refractivity contribution in [3.8, 4) is 0 Å². The number of rotatable bonds is 3. The molecule has 0 bridgehead atoms. The van der Waals surface area contributed by atoms with Gasteiger partial charge in [0.2, 0.25) is 5.89 Å². The van der Waals surface area contributed by atoms with Crippen LogP contribution in [0.3, 0.4) is 0 Å². The molecule has 18 heavy (non-hydrogen) atoms. The van der Waals surface area contributed by atoms with Gasteiger partial charge < -0.3 is 4.52 Å². The lowest BCUT2D eigenvalue weighted by atomic mass is 9.98. The molecule has 0 aliphatic heterocycles. The normalized spacial score (nSPS) is 22.1. The average Bonchev–Trinajstić information content (AvgIpc) is 3.02. The van der Waals surface area contributed by atoms with Crippen molar-refractivity contribution < 1.29 is 4.52 Å². The highest BCUT2D eigenvalue weighted by Crippen LogP contribution is 2.39. The first kappa shape index (κ1) is 10.3. The van der Waals surface area contributed by atoms with Crippen LogP contribution in [-0.2, 0) is 12.8 Å². The molecule has 1 atom stereocenters. The van der Waals surface area contributed by atoms with Crippen LogP contribution in [0.4, 0.5) is 0 Å². The van der Waals surface area contributed by atoms with Crippen molar-refractivity contribution in [3.05, 3.63) is 47.1 Å². The third kappa shape index (κ3) is 1.74. The first-order valence-electron chi connectivity index (χ1n) is 6.80. The van der Waals surface area contributed by atoms with Crippen LogP contribution < -0.4 is 0 Å². The van der Waals surface area contributed by atoms with E-state index in [1.54, 1.807) is 0 Å². The van der Waals surface area contributed by atoms with E-state index in [0.717, 1.165) is 18.1 Å². The molecule has 1 aromatic carbocycles. The van der Waals surface area contributed by atoms with E-state index in [2.05, 4.69) is 34.4 Å². The largest absolute Gasteiger partial charge is 0.339 e. The van der Waals surface area contributed by atoms with Crippen molar-refractivity contribution in [3.63, 3.8) is 0 Å². The monoisotopic (exact) mass is 240 g/mol. The summed E-state index contributed by atoms with van der Waals surface area (Å²) < 4.78 is 5.38. The minimum Gasteiger partial charge on any atom is -0.339 e. The summed E-state index contributed by atoms with van der Waals surface area (Å²) in [6.07, 6.45) is 5.75. The summed E-state index contributed by atoms with van der Waals surface area (Å²) in [6.45, 7) is 0. The Hall–Kier alpha value is -1.64. The number of nitrogens with zero attached hydrogens (tertiary/aromatic N) is 2. The molecule has 1 saturated carbocycles. The van der Waals surface area contributed by atoms with Crippen molar-refractivity contribution in [1.29, 1.82) is 0 Å². The molecule has 2 aromatic rings. The lowest BCUT2D eigenvalue weighted by Gasteiger charge is -2.07. The van der Waals surface area contributed by atoms with Crippen molar-refractivity contribution in [2.24, 2.45) is 0 Å². The Morgan fingerprint density at radius 2 is 2.06 bits per heavy atom. The molecule has 0 spiro atoms. The molecular weight excluding hydrogens is 224 g/mol. The molecule has 3 heteroatoms.